The van der Waals surface area contributed by atoms with E-state index in [-0.39, 0.29) is 24.7 Å². The number of nitrogens with one attached hydrogen (secondary N) is 2. The van der Waals surface area contributed by atoms with Crippen LogP contribution in [-0.4, -0.2) is 62.1 Å². The summed E-state index contributed by atoms with van der Waals surface area (Å²) in [6.45, 7) is -1.31. The van der Waals surface area contributed by atoms with Gasteiger partial charge in [-0.3, -0.25) is 4.79 Å². The molecule has 0 saturated carbocycles. The van der Waals surface area contributed by atoms with Crippen LogP contribution in [0.3, 0.4) is 0 Å². The SMILES string of the molecule is C=S(=O)(c1ccc(OC(F)(F)F)cc1)I1CCC(CNC[C@H](O)COc2cccc3c2CC(=O)N3)CC1. The molecular weight excluding hydrogens is 624 g/mol. The van der Waals surface area contributed by atoms with Gasteiger partial charge in [0.15, 0.2) is 0 Å². The molecule has 4 rings (SSSR count). The molecule has 0 radical (unpaired) electrons. The van der Waals surface area contributed by atoms with Gasteiger partial charge in [-0.1, -0.05) is 0 Å². The maximum absolute atomic E-state index is 13.4. The molecule has 1 unspecified atom stereocenters. The van der Waals surface area contributed by atoms with E-state index in [1.165, 1.54) is 24.3 Å². The number of alkyl halides is 5. The van der Waals surface area contributed by atoms with E-state index < -0.39 is 37.6 Å². The summed E-state index contributed by atoms with van der Waals surface area (Å²) in [5, 5.41) is 16.4. The topological polar surface area (TPSA) is 96.9 Å². The zero-order valence-electron chi connectivity index (χ0n) is 20.1. The molecule has 0 bridgehead atoms. The van der Waals surface area contributed by atoms with E-state index in [9.17, 15) is 27.3 Å². The molecule has 3 N–H and O–H groups in total. The number of carbonyl (C=O) groups is 1. The zero-order chi connectivity index (χ0) is 26.6. The molecule has 7 nitrogen and oxygen atoms in total. The predicted molar refractivity (Wildman–Crippen MR) is 146 cm³/mol. The summed E-state index contributed by atoms with van der Waals surface area (Å²) in [5.41, 5.74) is 1.55. The molecule has 2 aliphatic heterocycles. The van der Waals surface area contributed by atoms with Gasteiger partial charge in [0, 0.05) is 0 Å². The molecule has 2 aromatic rings. The Hall–Kier alpha value is -2.03. The third-order valence-electron chi connectivity index (χ3n) is 6.21. The molecule has 204 valence electrons. The van der Waals surface area contributed by atoms with Crippen LogP contribution in [0.1, 0.15) is 18.4 Å². The molecule has 37 heavy (non-hydrogen) atoms. The quantitative estimate of drug-likeness (QED) is 0.155. The van der Waals surface area contributed by atoms with Crippen LogP contribution in [-0.2, 0) is 17.9 Å². The maximum atomic E-state index is 13.4. The number of rotatable bonds is 10. The molecule has 1 amide bonds. The van der Waals surface area contributed by atoms with Crippen LogP contribution in [0.25, 0.3) is 0 Å². The third kappa shape index (κ3) is 7.52. The van der Waals surface area contributed by atoms with Crippen LogP contribution in [0.2, 0.25) is 0 Å². The minimum atomic E-state index is -4.76. The van der Waals surface area contributed by atoms with Crippen molar-refractivity contribution in [3.05, 3.63) is 48.0 Å². The summed E-state index contributed by atoms with van der Waals surface area (Å²) in [4.78, 5) is 12.1. The van der Waals surface area contributed by atoms with Crippen molar-refractivity contribution in [1.29, 1.82) is 0 Å². The van der Waals surface area contributed by atoms with Gasteiger partial charge in [-0.05, 0) is 6.07 Å². The predicted octanol–water partition coefficient (Wildman–Crippen LogP) is 4.02. The Labute approximate surface area is 220 Å². The Morgan fingerprint density at radius 1 is 1.19 bits per heavy atom. The van der Waals surface area contributed by atoms with Crippen LogP contribution < -0.4 is 20.1 Å². The molecule has 1 saturated heterocycles. The second-order valence-electron chi connectivity index (χ2n) is 8.97. The first-order valence-corrected chi connectivity index (χ1v) is 19.1. The number of ether oxygens (including phenoxy) is 2. The molecule has 2 heterocycles. The fourth-order valence-corrected chi connectivity index (χ4v) is 17.8. The second kappa shape index (κ2) is 11.8. The van der Waals surface area contributed by atoms with E-state index in [1.54, 1.807) is 12.1 Å². The van der Waals surface area contributed by atoms with Gasteiger partial charge >= 0.3 is 199 Å². The molecule has 1 fully saturated rings. The van der Waals surface area contributed by atoms with E-state index >= 15 is 0 Å². The molecular formula is C25H30F3IN2O5S. The molecule has 2 aliphatic rings. The number of amides is 1. The van der Waals surface area contributed by atoms with Gasteiger partial charge in [-0.25, -0.2) is 0 Å². The molecule has 12 heteroatoms. The average molecular weight is 654 g/mol. The Kier molecular flexibility index (Phi) is 8.92. The summed E-state index contributed by atoms with van der Waals surface area (Å²) in [5.74, 6) is 4.58. The van der Waals surface area contributed by atoms with Crippen LogP contribution >= 0.6 is 18.4 Å². The normalized spacial score (nSPS) is 19.6. The number of benzene rings is 2. The number of hydrogen-bond acceptors (Lipinski definition) is 6. The fourth-order valence-electron chi connectivity index (χ4n) is 4.27. The van der Waals surface area contributed by atoms with Crippen LogP contribution in [0.15, 0.2) is 47.4 Å². The number of halogens is 4. The first-order valence-electron chi connectivity index (χ1n) is 11.8. The van der Waals surface area contributed by atoms with E-state index in [0.29, 0.717) is 23.1 Å². The molecule has 0 aliphatic carbocycles. The number of anilines is 1. The fraction of sp³-hybridized carbons (Fsp3) is 0.440. The van der Waals surface area contributed by atoms with Crippen molar-refractivity contribution < 1.29 is 36.8 Å². The van der Waals surface area contributed by atoms with Gasteiger partial charge in [-0.2, -0.15) is 0 Å². The molecule has 2 atom stereocenters. The first-order chi connectivity index (χ1) is 17.5. The van der Waals surface area contributed by atoms with Crippen LogP contribution in [0.4, 0.5) is 18.9 Å². The summed E-state index contributed by atoms with van der Waals surface area (Å²) < 4.78 is 61.9. The van der Waals surface area contributed by atoms with E-state index in [1.807, 2.05) is 6.07 Å². The van der Waals surface area contributed by atoms with Crippen molar-refractivity contribution in [1.82, 2.24) is 5.32 Å². The first kappa shape index (κ1) is 28.0. The van der Waals surface area contributed by atoms with Crippen molar-refractivity contribution in [3.8, 4) is 11.5 Å². The minimum absolute atomic E-state index is 0.0745. The van der Waals surface area contributed by atoms with Crippen molar-refractivity contribution in [2.45, 2.75) is 36.6 Å². The Bertz CT molecular complexity index is 1200. The van der Waals surface area contributed by atoms with Gasteiger partial charge in [-0.15, -0.1) is 0 Å². The summed E-state index contributed by atoms with van der Waals surface area (Å²) in [6, 6.07) is 10.7. The zero-order valence-corrected chi connectivity index (χ0v) is 23.0. The van der Waals surface area contributed by atoms with Gasteiger partial charge in [0.25, 0.3) is 0 Å². The molecule has 2 aromatic carbocycles. The number of aliphatic hydroxyl groups is 1. The summed E-state index contributed by atoms with van der Waals surface area (Å²) >= 11 is -1.95. The molecule has 0 spiro atoms. The summed E-state index contributed by atoms with van der Waals surface area (Å²) in [7, 11) is 0. The van der Waals surface area contributed by atoms with E-state index in [2.05, 4.69) is 21.2 Å². The number of aliphatic hydroxyl groups excluding tert-OH is 1. The van der Waals surface area contributed by atoms with Gasteiger partial charge < -0.3 is 5.32 Å². The number of fused-ring (bicyclic) bond motifs is 1. The molecule has 0 aromatic heterocycles. The average Bonchev–Trinajstić information content (AvgIpc) is 3.23. The van der Waals surface area contributed by atoms with Gasteiger partial charge in [0.2, 0.25) is 5.91 Å². The third-order valence-corrected chi connectivity index (χ3v) is 21.2. The van der Waals surface area contributed by atoms with Gasteiger partial charge in [0.1, 0.15) is 0 Å². The number of hydrogen-bond donors (Lipinski definition) is 3. The second-order valence-corrected chi connectivity index (χ2v) is 22.3. The number of carbonyl (C=O) groups excluding carboxylic acids is 1. The summed E-state index contributed by atoms with van der Waals surface area (Å²) in [6.07, 6.45) is -3.40. The van der Waals surface area contributed by atoms with Crippen LogP contribution in [0.5, 0.6) is 11.5 Å². The Morgan fingerprint density at radius 2 is 1.89 bits per heavy atom. The van der Waals surface area contributed by atoms with Gasteiger partial charge in [0.05, 0.1) is 0 Å². The van der Waals surface area contributed by atoms with Crippen molar-refractivity contribution in [2.24, 2.45) is 5.92 Å². The Balaban J connectivity index is 1.18. The van der Waals surface area contributed by atoms with Crippen molar-refractivity contribution >= 4 is 42.6 Å². The Morgan fingerprint density at radius 3 is 2.57 bits per heavy atom. The van der Waals surface area contributed by atoms with Crippen molar-refractivity contribution in [2.75, 3.05) is 33.9 Å². The van der Waals surface area contributed by atoms with Crippen molar-refractivity contribution in [3.63, 3.8) is 0 Å². The monoisotopic (exact) mass is 654 g/mol. The standard InChI is InChI=1S/C25H30F3IN2O5S/c1-37(34,20-7-5-19(6-8-20)36-25(26,27)28)29-11-9-17(10-12-29)14-30-15-18(32)16-35-23-4-2-3-22-21(23)13-24(33)31-22/h2-8,17-18,30,32H,1,9-16H2,(H,31,33)/t18-,37?/m0/s1. The van der Waals surface area contributed by atoms with E-state index in [0.717, 1.165) is 39.5 Å². The van der Waals surface area contributed by atoms with Crippen LogP contribution in [0, 0.1) is 5.92 Å². The van der Waals surface area contributed by atoms with E-state index in [4.69, 9.17) is 4.74 Å².